The van der Waals surface area contributed by atoms with Crippen LogP contribution in [0.4, 0.5) is 0 Å². The Morgan fingerprint density at radius 3 is 2.50 bits per heavy atom. The van der Waals surface area contributed by atoms with Gasteiger partial charge in [-0.25, -0.2) is 0 Å². The smallest absolute Gasteiger partial charge is 0.191 e. The Labute approximate surface area is 144 Å². The van der Waals surface area contributed by atoms with Gasteiger partial charge >= 0.3 is 0 Å². The molecule has 0 unspecified atom stereocenters. The number of aromatic nitrogens is 1. The van der Waals surface area contributed by atoms with Gasteiger partial charge in [-0.05, 0) is 49.2 Å². The predicted octanol–water partition coefficient (Wildman–Crippen LogP) is 2.48. The zero-order valence-electron chi connectivity index (χ0n) is 14.7. The van der Waals surface area contributed by atoms with Crippen molar-refractivity contribution in [3.05, 3.63) is 59.4 Å². The summed E-state index contributed by atoms with van der Waals surface area (Å²) in [6.07, 6.45) is 2.67. The van der Waals surface area contributed by atoms with E-state index in [-0.39, 0.29) is 0 Å². The first-order chi connectivity index (χ1) is 11.7. The Morgan fingerprint density at radius 2 is 1.83 bits per heavy atom. The van der Waals surface area contributed by atoms with E-state index in [4.69, 9.17) is 4.74 Å². The zero-order valence-corrected chi connectivity index (χ0v) is 14.7. The summed E-state index contributed by atoms with van der Waals surface area (Å²) in [6, 6.07) is 12.2. The molecule has 2 rings (SSSR count). The second-order valence-corrected chi connectivity index (χ2v) is 5.67. The fourth-order valence-electron chi connectivity index (χ4n) is 2.43. The van der Waals surface area contributed by atoms with Gasteiger partial charge in [-0.2, -0.15) is 0 Å². The lowest BCUT2D eigenvalue weighted by atomic mass is 10.1. The van der Waals surface area contributed by atoms with Gasteiger partial charge in [0, 0.05) is 31.9 Å². The largest absolute Gasteiger partial charge is 0.492 e. The summed E-state index contributed by atoms with van der Waals surface area (Å²) in [6.45, 7) is 6.21. The first-order valence-electron chi connectivity index (χ1n) is 8.23. The molecule has 24 heavy (non-hydrogen) atoms. The van der Waals surface area contributed by atoms with E-state index in [0.29, 0.717) is 13.2 Å². The number of hydrogen-bond donors (Lipinski definition) is 2. The highest BCUT2D eigenvalue weighted by molar-refractivity contribution is 5.79. The van der Waals surface area contributed by atoms with Gasteiger partial charge in [-0.1, -0.05) is 12.1 Å². The number of pyridine rings is 1. The summed E-state index contributed by atoms with van der Waals surface area (Å²) in [5.41, 5.74) is 3.49. The van der Waals surface area contributed by atoms with Crippen molar-refractivity contribution in [1.29, 1.82) is 0 Å². The van der Waals surface area contributed by atoms with E-state index >= 15 is 0 Å². The van der Waals surface area contributed by atoms with E-state index in [1.165, 1.54) is 11.1 Å². The van der Waals surface area contributed by atoms with Crippen LogP contribution in [-0.2, 0) is 6.42 Å². The molecule has 128 valence electrons. The molecule has 0 saturated heterocycles. The van der Waals surface area contributed by atoms with Crippen LogP contribution in [0.2, 0.25) is 0 Å². The number of aliphatic imine (C=N–C) groups is 1. The van der Waals surface area contributed by atoms with Crippen LogP contribution in [0.3, 0.4) is 0 Å². The maximum atomic E-state index is 5.78. The topological polar surface area (TPSA) is 58.5 Å². The van der Waals surface area contributed by atoms with Gasteiger partial charge in [0.1, 0.15) is 12.4 Å². The number of hydrogen-bond acceptors (Lipinski definition) is 3. The van der Waals surface area contributed by atoms with Crippen molar-refractivity contribution in [1.82, 2.24) is 15.6 Å². The number of nitrogens with zero attached hydrogens (tertiary/aromatic N) is 2. The lowest BCUT2D eigenvalue weighted by Gasteiger charge is -2.13. The van der Waals surface area contributed by atoms with Crippen LogP contribution in [0.25, 0.3) is 0 Å². The Kier molecular flexibility index (Phi) is 7.08. The third kappa shape index (κ3) is 6.28. The third-order valence-corrected chi connectivity index (χ3v) is 3.48. The van der Waals surface area contributed by atoms with Gasteiger partial charge < -0.3 is 15.4 Å². The Bertz CT molecular complexity index is 635. The molecule has 1 aromatic heterocycles. The first kappa shape index (κ1) is 17.8. The maximum absolute atomic E-state index is 5.78. The summed E-state index contributed by atoms with van der Waals surface area (Å²) < 4.78 is 5.78. The molecule has 0 saturated carbocycles. The average molecular weight is 326 g/mol. The average Bonchev–Trinajstić information content (AvgIpc) is 2.57. The van der Waals surface area contributed by atoms with Crippen LogP contribution >= 0.6 is 0 Å². The normalized spacial score (nSPS) is 11.2. The number of rotatable bonds is 7. The van der Waals surface area contributed by atoms with E-state index in [0.717, 1.165) is 30.4 Å². The molecular formula is C19H26N4O. The number of aryl methyl sites for hydroxylation is 2. The number of nitrogens with one attached hydrogen (secondary N) is 2. The van der Waals surface area contributed by atoms with Crippen molar-refractivity contribution in [2.24, 2.45) is 4.99 Å². The standard InChI is InChI=1S/C19H26N4O/c1-15-12-16(2)14-18(13-15)24-11-10-23-19(20-3)22-9-7-17-6-4-5-8-21-17/h4-6,8,12-14H,7,9-11H2,1-3H3,(H2,20,22,23). The van der Waals surface area contributed by atoms with Crippen molar-refractivity contribution < 1.29 is 4.74 Å². The van der Waals surface area contributed by atoms with Gasteiger partial charge in [-0.3, -0.25) is 9.98 Å². The van der Waals surface area contributed by atoms with Crippen molar-refractivity contribution in [3.63, 3.8) is 0 Å². The molecule has 0 radical (unpaired) electrons. The molecule has 0 fully saturated rings. The molecule has 0 amide bonds. The molecular weight excluding hydrogens is 300 g/mol. The quantitative estimate of drug-likeness (QED) is 0.466. The van der Waals surface area contributed by atoms with E-state index in [1.807, 2.05) is 36.5 Å². The maximum Gasteiger partial charge on any atom is 0.191 e. The molecule has 1 aromatic carbocycles. The number of ether oxygens (including phenoxy) is 1. The molecule has 5 nitrogen and oxygen atoms in total. The minimum Gasteiger partial charge on any atom is -0.492 e. The van der Waals surface area contributed by atoms with E-state index in [1.54, 1.807) is 7.05 Å². The van der Waals surface area contributed by atoms with Crippen LogP contribution in [-0.4, -0.2) is 37.7 Å². The van der Waals surface area contributed by atoms with E-state index in [9.17, 15) is 0 Å². The second-order valence-electron chi connectivity index (χ2n) is 5.67. The summed E-state index contributed by atoms with van der Waals surface area (Å²) in [5, 5.41) is 6.53. The van der Waals surface area contributed by atoms with E-state index in [2.05, 4.69) is 40.5 Å². The molecule has 0 spiro atoms. The Hall–Kier alpha value is -2.56. The molecule has 2 aromatic rings. The highest BCUT2D eigenvalue weighted by Crippen LogP contribution is 2.15. The van der Waals surface area contributed by atoms with Gasteiger partial charge in [0.2, 0.25) is 0 Å². The van der Waals surface area contributed by atoms with Crippen molar-refractivity contribution in [2.75, 3.05) is 26.7 Å². The van der Waals surface area contributed by atoms with Gasteiger partial charge in [0.25, 0.3) is 0 Å². The molecule has 0 atom stereocenters. The van der Waals surface area contributed by atoms with Gasteiger partial charge in [0.15, 0.2) is 5.96 Å². The minimum atomic E-state index is 0.587. The summed E-state index contributed by atoms with van der Waals surface area (Å²) >= 11 is 0. The molecule has 2 N–H and O–H groups in total. The SMILES string of the molecule is CN=C(NCCOc1cc(C)cc(C)c1)NCCc1ccccn1. The zero-order chi connectivity index (χ0) is 17.2. The van der Waals surface area contributed by atoms with Crippen LogP contribution in [0.5, 0.6) is 5.75 Å². The summed E-state index contributed by atoms with van der Waals surface area (Å²) in [5.74, 6) is 1.68. The molecule has 5 heteroatoms. The van der Waals surface area contributed by atoms with Crippen LogP contribution in [0, 0.1) is 13.8 Å². The fraction of sp³-hybridized carbons (Fsp3) is 0.368. The Balaban J connectivity index is 1.66. The van der Waals surface area contributed by atoms with Crippen LogP contribution in [0.1, 0.15) is 16.8 Å². The minimum absolute atomic E-state index is 0.587. The Morgan fingerprint density at radius 1 is 1.08 bits per heavy atom. The van der Waals surface area contributed by atoms with Crippen LogP contribution < -0.4 is 15.4 Å². The first-order valence-corrected chi connectivity index (χ1v) is 8.23. The lowest BCUT2D eigenvalue weighted by Crippen LogP contribution is -2.40. The second kappa shape index (κ2) is 9.55. The van der Waals surface area contributed by atoms with Crippen molar-refractivity contribution >= 4 is 5.96 Å². The number of benzene rings is 1. The van der Waals surface area contributed by atoms with Gasteiger partial charge in [0.05, 0.1) is 6.54 Å². The molecule has 0 bridgehead atoms. The summed E-state index contributed by atoms with van der Waals surface area (Å²) in [7, 11) is 1.76. The highest BCUT2D eigenvalue weighted by atomic mass is 16.5. The lowest BCUT2D eigenvalue weighted by molar-refractivity contribution is 0.321. The highest BCUT2D eigenvalue weighted by Gasteiger charge is 2.00. The summed E-state index contributed by atoms with van der Waals surface area (Å²) in [4.78, 5) is 8.51. The predicted molar refractivity (Wildman–Crippen MR) is 98.7 cm³/mol. The third-order valence-electron chi connectivity index (χ3n) is 3.48. The van der Waals surface area contributed by atoms with Gasteiger partial charge in [-0.15, -0.1) is 0 Å². The molecule has 0 aliphatic rings. The molecule has 1 heterocycles. The van der Waals surface area contributed by atoms with Crippen molar-refractivity contribution in [2.45, 2.75) is 20.3 Å². The van der Waals surface area contributed by atoms with Crippen LogP contribution in [0.15, 0.2) is 47.6 Å². The number of guanidine groups is 1. The molecule has 0 aliphatic heterocycles. The fourth-order valence-corrected chi connectivity index (χ4v) is 2.43. The van der Waals surface area contributed by atoms with E-state index < -0.39 is 0 Å². The molecule has 0 aliphatic carbocycles. The van der Waals surface area contributed by atoms with Crippen molar-refractivity contribution in [3.8, 4) is 5.75 Å². The monoisotopic (exact) mass is 326 g/mol.